The maximum absolute atomic E-state index is 6.19. The molecule has 0 bridgehead atoms. The van der Waals surface area contributed by atoms with E-state index in [-0.39, 0.29) is 0 Å². The fraction of sp³-hybridized carbons (Fsp3) is 0.174. The lowest BCUT2D eigenvalue weighted by Crippen LogP contribution is -1.82. The van der Waals surface area contributed by atoms with Crippen molar-refractivity contribution in [3.05, 3.63) is 71.5 Å². The number of imidazole rings is 1. The molecule has 4 aromatic rings. The zero-order valence-electron chi connectivity index (χ0n) is 14.8. The van der Waals surface area contributed by atoms with Crippen LogP contribution in [-0.4, -0.2) is 9.97 Å². The van der Waals surface area contributed by atoms with Gasteiger partial charge in [-0.3, -0.25) is 0 Å². The third-order valence-electron chi connectivity index (χ3n) is 5.28. The van der Waals surface area contributed by atoms with Gasteiger partial charge in [-0.05, 0) is 56.0 Å². The number of aryl methyl sites for hydroxylation is 1. The van der Waals surface area contributed by atoms with Crippen LogP contribution in [0.4, 0.5) is 0 Å². The average molecular weight is 340 g/mol. The number of hydrogen-bond donors (Lipinski definition) is 1. The molecule has 0 amide bonds. The zero-order chi connectivity index (χ0) is 17.7. The Labute approximate surface area is 152 Å². The van der Waals surface area contributed by atoms with Crippen molar-refractivity contribution in [2.24, 2.45) is 0 Å². The Morgan fingerprint density at radius 1 is 1.12 bits per heavy atom. The third-order valence-corrected chi connectivity index (χ3v) is 5.28. The predicted molar refractivity (Wildman–Crippen MR) is 107 cm³/mol. The molecule has 2 aromatic heterocycles. The molecule has 2 heterocycles. The Kier molecular flexibility index (Phi) is 3.35. The summed E-state index contributed by atoms with van der Waals surface area (Å²) in [4.78, 5) is 8.15. The van der Waals surface area contributed by atoms with Gasteiger partial charge in [-0.15, -0.1) is 0 Å². The lowest BCUT2D eigenvalue weighted by Gasteiger charge is -2.00. The molecule has 0 spiro atoms. The first-order valence-electron chi connectivity index (χ1n) is 9.06. The van der Waals surface area contributed by atoms with Crippen LogP contribution in [0.3, 0.4) is 0 Å². The summed E-state index contributed by atoms with van der Waals surface area (Å²) in [7, 11) is 0. The normalized spacial score (nSPS) is 16.3. The van der Waals surface area contributed by atoms with Crippen molar-refractivity contribution in [3.63, 3.8) is 0 Å². The molecule has 26 heavy (non-hydrogen) atoms. The van der Waals surface area contributed by atoms with Crippen molar-refractivity contribution in [1.82, 2.24) is 9.97 Å². The molecule has 1 saturated carbocycles. The van der Waals surface area contributed by atoms with Crippen LogP contribution in [0.25, 0.3) is 39.5 Å². The molecule has 0 atom stereocenters. The fourth-order valence-electron chi connectivity index (χ4n) is 3.88. The molecule has 5 rings (SSSR count). The number of hydrogen-bond acceptors (Lipinski definition) is 2. The summed E-state index contributed by atoms with van der Waals surface area (Å²) in [5, 5.41) is 1.13. The van der Waals surface area contributed by atoms with Crippen LogP contribution in [0.5, 0.6) is 0 Å². The predicted octanol–water partition coefficient (Wildman–Crippen LogP) is 6.41. The van der Waals surface area contributed by atoms with Crippen molar-refractivity contribution in [3.8, 4) is 11.4 Å². The number of aromatic nitrogens is 2. The molecule has 1 fully saturated rings. The van der Waals surface area contributed by atoms with E-state index < -0.39 is 0 Å². The Hall–Kier alpha value is -3.07. The van der Waals surface area contributed by atoms with E-state index in [1.165, 1.54) is 17.6 Å². The summed E-state index contributed by atoms with van der Waals surface area (Å²) in [6.07, 6.45) is 5.67. The van der Waals surface area contributed by atoms with Gasteiger partial charge in [0.25, 0.3) is 0 Å². The van der Waals surface area contributed by atoms with Gasteiger partial charge in [-0.25, -0.2) is 4.98 Å². The first-order valence-corrected chi connectivity index (χ1v) is 9.06. The second-order valence-electron chi connectivity index (χ2n) is 6.98. The number of para-hydroxylation sites is 3. The van der Waals surface area contributed by atoms with Gasteiger partial charge in [0.2, 0.25) is 0 Å². The third kappa shape index (κ3) is 2.31. The molecule has 0 saturated heterocycles. The summed E-state index contributed by atoms with van der Waals surface area (Å²) < 4.78 is 6.19. The van der Waals surface area contributed by atoms with E-state index in [0.717, 1.165) is 57.6 Å². The van der Waals surface area contributed by atoms with E-state index in [1.54, 1.807) is 0 Å². The van der Waals surface area contributed by atoms with E-state index in [0.29, 0.717) is 0 Å². The molecule has 1 N–H and O–H groups in total. The number of fused-ring (bicyclic) bond motifs is 2. The van der Waals surface area contributed by atoms with Crippen LogP contribution in [0.2, 0.25) is 0 Å². The highest BCUT2D eigenvalue weighted by atomic mass is 16.3. The standard InChI is InChI=1S/C23H20N2O/c1-14-7-5-8-16(14)13-19-15(2)26-22-17(19)9-6-10-18(22)23-24-20-11-3-4-12-21(20)25-23/h3-4,6,9-13H,1,5,7-8H2,2H3,(H,24,25)/b16-13-. The molecule has 0 unspecified atom stereocenters. The van der Waals surface area contributed by atoms with Crippen LogP contribution in [0.15, 0.2) is 64.6 Å². The molecule has 1 aliphatic rings. The van der Waals surface area contributed by atoms with Crippen LogP contribution in [0, 0.1) is 6.92 Å². The molecular formula is C23H20N2O. The van der Waals surface area contributed by atoms with E-state index >= 15 is 0 Å². The molecule has 2 aromatic carbocycles. The van der Waals surface area contributed by atoms with Crippen LogP contribution < -0.4 is 0 Å². The first kappa shape index (κ1) is 15.2. The molecule has 1 aliphatic carbocycles. The molecule has 0 aliphatic heterocycles. The minimum atomic E-state index is 0.843. The molecule has 3 heteroatoms. The Morgan fingerprint density at radius 2 is 2.00 bits per heavy atom. The number of H-pyrrole nitrogens is 1. The number of aromatic amines is 1. The largest absolute Gasteiger partial charge is 0.460 e. The highest BCUT2D eigenvalue weighted by Gasteiger charge is 2.18. The lowest BCUT2D eigenvalue weighted by molar-refractivity contribution is 0.578. The Balaban J connectivity index is 1.71. The highest BCUT2D eigenvalue weighted by Crippen LogP contribution is 2.37. The van der Waals surface area contributed by atoms with Crippen LogP contribution in [-0.2, 0) is 0 Å². The van der Waals surface area contributed by atoms with Gasteiger partial charge in [0.05, 0.1) is 16.6 Å². The lowest BCUT2D eigenvalue weighted by atomic mass is 10.0. The molecule has 0 radical (unpaired) electrons. The maximum atomic E-state index is 6.19. The van der Waals surface area contributed by atoms with Crippen molar-refractivity contribution in [2.45, 2.75) is 26.2 Å². The SMILES string of the molecule is C=C1CCC/C1=C/c1c(C)oc2c(-c3nc4ccccc4[nH]3)cccc12. The van der Waals surface area contributed by atoms with Crippen LogP contribution in [0.1, 0.15) is 30.6 Å². The van der Waals surface area contributed by atoms with Crippen molar-refractivity contribution in [1.29, 1.82) is 0 Å². The quantitative estimate of drug-likeness (QED) is 0.458. The second-order valence-corrected chi connectivity index (χ2v) is 6.98. The topological polar surface area (TPSA) is 41.8 Å². The van der Waals surface area contributed by atoms with Crippen molar-refractivity contribution in [2.75, 3.05) is 0 Å². The van der Waals surface area contributed by atoms with Gasteiger partial charge in [-0.1, -0.05) is 36.4 Å². The molecule has 3 nitrogen and oxygen atoms in total. The van der Waals surface area contributed by atoms with Gasteiger partial charge in [0, 0.05) is 10.9 Å². The summed E-state index contributed by atoms with van der Waals surface area (Å²) in [6.45, 7) is 6.24. The summed E-state index contributed by atoms with van der Waals surface area (Å²) in [6, 6.07) is 14.3. The minimum absolute atomic E-state index is 0.843. The summed E-state index contributed by atoms with van der Waals surface area (Å²) >= 11 is 0. The van der Waals surface area contributed by atoms with E-state index in [1.807, 2.05) is 31.2 Å². The van der Waals surface area contributed by atoms with E-state index in [4.69, 9.17) is 9.40 Å². The van der Waals surface area contributed by atoms with E-state index in [9.17, 15) is 0 Å². The number of allylic oxidation sites excluding steroid dienone is 2. The fourth-order valence-corrected chi connectivity index (χ4v) is 3.88. The van der Waals surface area contributed by atoms with Crippen molar-refractivity contribution >= 4 is 28.1 Å². The van der Waals surface area contributed by atoms with Crippen molar-refractivity contribution < 1.29 is 4.42 Å². The number of benzene rings is 2. The number of rotatable bonds is 2. The first-order chi connectivity index (χ1) is 12.7. The maximum Gasteiger partial charge on any atom is 0.145 e. The highest BCUT2D eigenvalue weighted by molar-refractivity contribution is 5.98. The molecular weight excluding hydrogens is 320 g/mol. The minimum Gasteiger partial charge on any atom is -0.460 e. The average Bonchev–Trinajstić information content (AvgIpc) is 3.33. The van der Waals surface area contributed by atoms with Gasteiger partial charge >= 0.3 is 0 Å². The zero-order valence-corrected chi connectivity index (χ0v) is 14.8. The van der Waals surface area contributed by atoms with Gasteiger partial charge < -0.3 is 9.40 Å². The summed E-state index contributed by atoms with van der Waals surface area (Å²) in [5.41, 5.74) is 7.66. The van der Waals surface area contributed by atoms with E-state index in [2.05, 4.69) is 35.8 Å². The Bertz CT molecular complexity index is 1160. The summed E-state index contributed by atoms with van der Waals surface area (Å²) in [5.74, 6) is 1.78. The second kappa shape index (κ2) is 5.73. The van der Waals surface area contributed by atoms with Gasteiger partial charge in [0.15, 0.2) is 0 Å². The Morgan fingerprint density at radius 3 is 2.81 bits per heavy atom. The number of furan rings is 1. The monoisotopic (exact) mass is 340 g/mol. The van der Waals surface area contributed by atoms with Crippen LogP contribution >= 0.6 is 0 Å². The smallest absolute Gasteiger partial charge is 0.145 e. The van der Waals surface area contributed by atoms with Gasteiger partial charge in [0.1, 0.15) is 17.2 Å². The number of nitrogens with one attached hydrogen (secondary N) is 1. The van der Waals surface area contributed by atoms with Gasteiger partial charge in [-0.2, -0.15) is 0 Å². The molecule has 128 valence electrons. The number of nitrogens with zero attached hydrogens (tertiary/aromatic N) is 1.